The van der Waals surface area contributed by atoms with Gasteiger partial charge in [-0.25, -0.2) is 8.42 Å². The normalized spacial score (nSPS) is 11.4. The highest BCUT2D eigenvalue weighted by atomic mass is 35.7. The molecule has 0 aliphatic carbocycles. The Balaban J connectivity index is 3.43. The third-order valence-electron chi connectivity index (χ3n) is 3.20. The summed E-state index contributed by atoms with van der Waals surface area (Å²) in [6, 6.07) is 2.84. The second-order valence-electron chi connectivity index (χ2n) is 4.33. The van der Waals surface area contributed by atoms with Gasteiger partial charge in [0.15, 0.2) is 0 Å². The fraction of sp³-hybridized carbons (Fsp3) is 0.462. The molecule has 1 aromatic carbocycles. The first-order chi connectivity index (χ1) is 8.72. The third-order valence-corrected chi connectivity index (χ3v) is 4.54. The van der Waals surface area contributed by atoms with E-state index in [0.717, 1.165) is 11.1 Å². The SMILES string of the molecule is CCN(CC)C(=O)c1cc(S(=O)(=O)Cl)cc(C)c1C. The van der Waals surface area contributed by atoms with Crippen LogP contribution in [0.15, 0.2) is 17.0 Å². The molecule has 1 aromatic rings. The van der Waals surface area contributed by atoms with Crippen LogP contribution in [0, 0.1) is 13.8 Å². The summed E-state index contributed by atoms with van der Waals surface area (Å²) in [7, 11) is 1.52. The molecule has 1 rings (SSSR count). The molecule has 0 fully saturated rings. The summed E-state index contributed by atoms with van der Waals surface area (Å²) in [5, 5.41) is 0. The molecular formula is C13H18ClNO3S. The van der Waals surface area contributed by atoms with Crippen LogP contribution in [0.1, 0.15) is 35.3 Å². The lowest BCUT2D eigenvalue weighted by atomic mass is 10.0. The number of nitrogens with zero attached hydrogens (tertiary/aromatic N) is 1. The van der Waals surface area contributed by atoms with Crippen LogP contribution in [0.25, 0.3) is 0 Å². The number of aryl methyl sites for hydroxylation is 1. The Morgan fingerprint density at radius 3 is 2.16 bits per heavy atom. The molecule has 106 valence electrons. The van der Waals surface area contributed by atoms with Crippen LogP contribution in [0.5, 0.6) is 0 Å². The van der Waals surface area contributed by atoms with Gasteiger partial charge in [0.25, 0.3) is 15.0 Å². The first kappa shape index (κ1) is 16.0. The van der Waals surface area contributed by atoms with Gasteiger partial charge in [0, 0.05) is 29.3 Å². The minimum Gasteiger partial charge on any atom is -0.339 e. The Morgan fingerprint density at radius 2 is 1.74 bits per heavy atom. The van der Waals surface area contributed by atoms with E-state index in [0.29, 0.717) is 18.7 Å². The van der Waals surface area contributed by atoms with Crippen molar-refractivity contribution in [3.63, 3.8) is 0 Å². The van der Waals surface area contributed by atoms with E-state index < -0.39 is 9.05 Å². The van der Waals surface area contributed by atoms with Crippen molar-refractivity contribution in [2.75, 3.05) is 13.1 Å². The summed E-state index contributed by atoms with van der Waals surface area (Å²) < 4.78 is 22.8. The standard InChI is InChI=1S/C13H18ClNO3S/c1-5-15(6-2)13(16)12-8-11(19(14,17)18)7-9(3)10(12)4/h7-8H,5-6H2,1-4H3. The van der Waals surface area contributed by atoms with Gasteiger partial charge in [0.2, 0.25) is 0 Å². The van der Waals surface area contributed by atoms with Crippen LogP contribution in [-0.2, 0) is 9.05 Å². The largest absolute Gasteiger partial charge is 0.339 e. The molecule has 0 aliphatic rings. The van der Waals surface area contributed by atoms with Gasteiger partial charge in [0.1, 0.15) is 0 Å². The van der Waals surface area contributed by atoms with Crippen LogP contribution in [-0.4, -0.2) is 32.3 Å². The van der Waals surface area contributed by atoms with Crippen molar-refractivity contribution >= 4 is 25.6 Å². The van der Waals surface area contributed by atoms with Crippen LogP contribution in [0.4, 0.5) is 0 Å². The molecule has 0 aromatic heterocycles. The molecule has 0 unspecified atom stereocenters. The summed E-state index contributed by atoms with van der Waals surface area (Å²) in [5.74, 6) is -0.173. The monoisotopic (exact) mass is 303 g/mol. The van der Waals surface area contributed by atoms with Crippen molar-refractivity contribution in [3.8, 4) is 0 Å². The van der Waals surface area contributed by atoms with E-state index in [1.54, 1.807) is 18.7 Å². The number of carbonyl (C=O) groups is 1. The molecule has 19 heavy (non-hydrogen) atoms. The van der Waals surface area contributed by atoms with Crippen molar-refractivity contribution < 1.29 is 13.2 Å². The molecule has 1 amide bonds. The zero-order chi connectivity index (χ0) is 14.8. The molecule has 4 nitrogen and oxygen atoms in total. The molecule has 0 atom stereocenters. The van der Waals surface area contributed by atoms with Gasteiger partial charge in [-0.05, 0) is 51.0 Å². The van der Waals surface area contributed by atoms with E-state index in [1.807, 2.05) is 13.8 Å². The third kappa shape index (κ3) is 3.48. The average Bonchev–Trinajstić information content (AvgIpc) is 2.32. The number of benzene rings is 1. The molecule has 0 bridgehead atoms. The Kier molecular flexibility index (Phi) is 4.98. The lowest BCUT2D eigenvalue weighted by Gasteiger charge is -2.20. The fourth-order valence-corrected chi connectivity index (χ4v) is 2.71. The number of carbonyl (C=O) groups excluding carboxylic acids is 1. The lowest BCUT2D eigenvalue weighted by Crippen LogP contribution is -2.31. The van der Waals surface area contributed by atoms with Crippen LogP contribution in [0.2, 0.25) is 0 Å². The maximum atomic E-state index is 12.3. The first-order valence-electron chi connectivity index (χ1n) is 6.07. The highest BCUT2D eigenvalue weighted by Crippen LogP contribution is 2.23. The Bertz CT molecular complexity index is 592. The second-order valence-corrected chi connectivity index (χ2v) is 6.89. The van der Waals surface area contributed by atoms with Gasteiger partial charge >= 0.3 is 0 Å². The fourth-order valence-electron chi connectivity index (χ4n) is 1.87. The zero-order valence-electron chi connectivity index (χ0n) is 11.5. The van der Waals surface area contributed by atoms with Gasteiger partial charge in [-0.15, -0.1) is 0 Å². The van der Waals surface area contributed by atoms with Gasteiger partial charge in [-0.1, -0.05) is 0 Å². The van der Waals surface area contributed by atoms with Crippen molar-refractivity contribution in [1.82, 2.24) is 4.90 Å². The minimum atomic E-state index is -3.84. The zero-order valence-corrected chi connectivity index (χ0v) is 13.1. The van der Waals surface area contributed by atoms with Gasteiger partial charge in [0.05, 0.1) is 4.90 Å². The highest BCUT2D eigenvalue weighted by molar-refractivity contribution is 8.13. The van der Waals surface area contributed by atoms with Crippen LogP contribution in [0.3, 0.4) is 0 Å². The topological polar surface area (TPSA) is 54.5 Å². The van der Waals surface area contributed by atoms with Gasteiger partial charge in [-0.2, -0.15) is 0 Å². The highest BCUT2D eigenvalue weighted by Gasteiger charge is 2.20. The molecular weight excluding hydrogens is 286 g/mol. The summed E-state index contributed by atoms with van der Waals surface area (Å²) >= 11 is 0. The summed E-state index contributed by atoms with van der Waals surface area (Å²) in [4.78, 5) is 14.0. The maximum absolute atomic E-state index is 12.3. The summed E-state index contributed by atoms with van der Waals surface area (Å²) in [6.45, 7) is 8.48. The maximum Gasteiger partial charge on any atom is 0.261 e. The predicted molar refractivity (Wildman–Crippen MR) is 76.2 cm³/mol. The van der Waals surface area contributed by atoms with E-state index in [1.165, 1.54) is 12.1 Å². The molecule has 0 saturated heterocycles. The molecule has 0 N–H and O–H groups in total. The minimum absolute atomic E-state index is 0.0345. The average molecular weight is 304 g/mol. The summed E-state index contributed by atoms with van der Waals surface area (Å²) in [5.41, 5.74) is 1.90. The van der Waals surface area contributed by atoms with E-state index in [4.69, 9.17) is 10.7 Å². The van der Waals surface area contributed by atoms with Crippen LogP contribution < -0.4 is 0 Å². The van der Waals surface area contributed by atoms with Crippen LogP contribution >= 0.6 is 10.7 Å². The lowest BCUT2D eigenvalue weighted by molar-refractivity contribution is 0.0772. The smallest absolute Gasteiger partial charge is 0.261 e. The number of hydrogen-bond donors (Lipinski definition) is 0. The van der Waals surface area contributed by atoms with Crippen molar-refractivity contribution in [2.24, 2.45) is 0 Å². The van der Waals surface area contributed by atoms with Crippen molar-refractivity contribution in [2.45, 2.75) is 32.6 Å². The number of amides is 1. The molecule has 0 radical (unpaired) electrons. The molecule has 6 heteroatoms. The first-order valence-corrected chi connectivity index (χ1v) is 8.38. The number of halogens is 1. The molecule has 0 heterocycles. The second kappa shape index (κ2) is 5.92. The van der Waals surface area contributed by atoms with E-state index in [-0.39, 0.29) is 10.8 Å². The number of hydrogen-bond acceptors (Lipinski definition) is 3. The Labute approximate surface area is 118 Å². The van der Waals surface area contributed by atoms with E-state index in [9.17, 15) is 13.2 Å². The quantitative estimate of drug-likeness (QED) is 0.804. The van der Waals surface area contributed by atoms with Crippen molar-refractivity contribution in [1.29, 1.82) is 0 Å². The Hall–Kier alpha value is -1.07. The van der Waals surface area contributed by atoms with Gasteiger partial charge < -0.3 is 4.90 Å². The van der Waals surface area contributed by atoms with Gasteiger partial charge in [-0.3, -0.25) is 4.79 Å². The molecule has 0 spiro atoms. The van der Waals surface area contributed by atoms with E-state index in [2.05, 4.69) is 0 Å². The van der Waals surface area contributed by atoms with E-state index >= 15 is 0 Å². The predicted octanol–water partition coefficient (Wildman–Crippen LogP) is 2.71. The molecule has 0 saturated carbocycles. The molecule has 0 aliphatic heterocycles. The Morgan fingerprint density at radius 1 is 1.21 bits per heavy atom. The summed E-state index contributed by atoms with van der Waals surface area (Å²) in [6.07, 6.45) is 0. The number of rotatable bonds is 4. The van der Waals surface area contributed by atoms with Crippen molar-refractivity contribution in [3.05, 3.63) is 28.8 Å².